The van der Waals surface area contributed by atoms with Crippen LogP contribution in [-0.2, 0) is 0 Å². The molecule has 0 aromatic heterocycles. The number of amidine groups is 1. The van der Waals surface area contributed by atoms with Crippen LogP contribution in [0.15, 0.2) is 53.5 Å². The Hall–Kier alpha value is -2.62. The summed E-state index contributed by atoms with van der Waals surface area (Å²) < 4.78 is 5.18. The molecule has 1 heterocycles. The molecular formula is C22H26N2O2. The van der Waals surface area contributed by atoms with E-state index in [1.165, 1.54) is 12.0 Å². The first kappa shape index (κ1) is 18.2. The molecule has 0 saturated heterocycles. The van der Waals surface area contributed by atoms with Crippen molar-refractivity contribution in [1.29, 1.82) is 0 Å². The van der Waals surface area contributed by atoms with Crippen LogP contribution >= 0.6 is 0 Å². The lowest BCUT2D eigenvalue weighted by atomic mass is 10.1. The fourth-order valence-electron chi connectivity index (χ4n) is 3.15. The standard InChI is InChI=1S/C22H26N2O2/c1-17-7-11-19(12-8-17)24(22-6-4-3-5-15-23-22)16-21(25)18-9-13-20(26-2)14-10-18/h7-14H,3-6,15-16H2,1-2H3. The highest BCUT2D eigenvalue weighted by Gasteiger charge is 2.19. The van der Waals surface area contributed by atoms with E-state index in [4.69, 9.17) is 9.73 Å². The second-order valence-corrected chi connectivity index (χ2v) is 6.68. The summed E-state index contributed by atoms with van der Waals surface area (Å²) in [6.07, 6.45) is 4.36. The van der Waals surface area contributed by atoms with Gasteiger partial charge in [-0.1, -0.05) is 24.1 Å². The second kappa shape index (κ2) is 8.65. The number of rotatable bonds is 5. The minimum Gasteiger partial charge on any atom is -0.497 e. The number of aryl methyl sites for hydroxylation is 1. The molecule has 3 rings (SSSR count). The Balaban J connectivity index is 1.85. The first-order valence-electron chi connectivity index (χ1n) is 9.22. The monoisotopic (exact) mass is 350 g/mol. The van der Waals surface area contributed by atoms with Gasteiger partial charge >= 0.3 is 0 Å². The van der Waals surface area contributed by atoms with Crippen LogP contribution < -0.4 is 9.64 Å². The van der Waals surface area contributed by atoms with Gasteiger partial charge in [0.15, 0.2) is 5.78 Å². The summed E-state index contributed by atoms with van der Waals surface area (Å²) >= 11 is 0. The van der Waals surface area contributed by atoms with Gasteiger partial charge in [0, 0.05) is 24.2 Å². The van der Waals surface area contributed by atoms with Crippen molar-refractivity contribution in [1.82, 2.24) is 0 Å². The Bertz CT molecular complexity index is 764. The lowest BCUT2D eigenvalue weighted by Crippen LogP contribution is -2.36. The zero-order valence-corrected chi connectivity index (χ0v) is 15.6. The van der Waals surface area contributed by atoms with E-state index in [1.807, 2.05) is 24.3 Å². The van der Waals surface area contributed by atoms with Crippen molar-refractivity contribution in [3.63, 3.8) is 0 Å². The lowest BCUT2D eigenvalue weighted by molar-refractivity contribution is 0.100. The first-order valence-corrected chi connectivity index (χ1v) is 9.22. The van der Waals surface area contributed by atoms with Crippen molar-refractivity contribution < 1.29 is 9.53 Å². The zero-order chi connectivity index (χ0) is 18.4. The Morgan fingerprint density at radius 1 is 1.04 bits per heavy atom. The smallest absolute Gasteiger partial charge is 0.182 e. The van der Waals surface area contributed by atoms with Crippen LogP contribution in [0.5, 0.6) is 5.75 Å². The number of methoxy groups -OCH3 is 1. The van der Waals surface area contributed by atoms with Crippen molar-refractivity contribution >= 4 is 17.3 Å². The highest BCUT2D eigenvalue weighted by molar-refractivity contribution is 6.07. The number of anilines is 1. The molecule has 0 radical (unpaired) electrons. The van der Waals surface area contributed by atoms with Crippen LogP contribution in [0, 0.1) is 6.92 Å². The highest BCUT2D eigenvalue weighted by atomic mass is 16.5. The molecule has 0 amide bonds. The molecule has 0 bridgehead atoms. The zero-order valence-electron chi connectivity index (χ0n) is 15.6. The third kappa shape index (κ3) is 4.51. The normalized spacial score (nSPS) is 14.3. The van der Waals surface area contributed by atoms with E-state index >= 15 is 0 Å². The summed E-state index contributed by atoms with van der Waals surface area (Å²) in [6, 6.07) is 15.6. The molecule has 0 saturated carbocycles. The van der Waals surface area contributed by atoms with Crippen LogP contribution in [0.2, 0.25) is 0 Å². The maximum atomic E-state index is 12.9. The van der Waals surface area contributed by atoms with E-state index in [-0.39, 0.29) is 5.78 Å². The maximum absolute atomic E-state index is 12.9. The van der Waals surface area contributed by atoms with Gasteiger partial charge < -0.3 is 9.64 Å². The number of nitrogens with zero attached hydrogens (tertiary/aromatic N) is 2. The van der Waals surface area contributed by atoms with E-state index in [9.17, 15) is 4.79 Å². The predicted octanol–water partition coefficient (Wildman–Crippen LogP) is 4.67. The third-order valence-electron chi connectivity index (χ3n) is 4.72. The van der Waals surface area contributed by atoms with Gasteiger partial charge in [0.25, 0.3) is 0 Å². The van der Waals surface area contributed by atoms with Crippen molar-refractivity contribution in [3.05, 3.63) is 59.7 Å². The van der Waals surface area contributed by atoms with Crippen molar-refractivity contribution in [2.75, 3.05) is 25.1 Å². The molecule has 1 aliphatic heterocycles. The number of aliphatic imine (C=N–C) groups is 1. The van der Waals surface area contributed by atoms with Crippen LogP contribution in [-0.4, -0.2) is 31.8 Å². The molecule has 0 N–H and O–H groups in total. The minimum atomic E-state index is 0.0835. The second-order valence-electron chi connectivity index (χ2n) is 6.68. The van der Waals surface area contributed by atoms with E-state index in [0.717, 1.165) is 43.1 Å². The highest BCUT2D eigenvalue weighted by Crippen LogP contribution is 2.21. The van der Waals surface area contributed by atoms with Crippen LogP contribution in [0.25, 0.3) is 0 Å². The molecule has 0 atom stereocenters. The van der Waals surface area contributed by atoms with E-state index in [1.54, 1.807) is 7.11 Å². The maximum Gasteiger partial charge on any atom is 0.182 e. The van der Waals surface area contributed by atoms with Crippen LogP contribution in [0.3, 0.4) is 0 Å². The van der Waals surface area contributed by atoms with Gasteiger partial charge in [-0.2, -0.15) is 0 Å². The largest absolute Gasteiger partial charge is 0.497 e. The summed E-state index contributed by atoms with van der Waals surface area (Å²) in [7, 11) is 1.63. The molecule has 136 valence electrons. The van der Waals surface area contributed by atoms with Gasteiger partial charge in [-0.25, -0.2) is 0 Å². The minimum absolute atomic E-state index is 0.0835. The number of carbonyl (C=O) groups is 1. The molecule has 1 aliphatic rings. The fourth-order valence-corrected chi connectivity index (χ4v) is 3.15. The van der Waals surface area contributed by atoms with E-state index in [2.05, 4.69) is 36.1 Å². The Kier molecular flexibility index (Phi) is 6.05. The van der Waals surface area contributed by atoms with Gasteiger partial charge in [0.2, 0.25) is 0 Å². The number of ketones is 1. The number of hydrogen-bond acceptors (Lipinski definition) is 4. The van der Waals surface area contributed by atoms with E-state index < -0.39 is 0 Å². The number of benzene rings is 2. The molecule has 2 aromatic carbocycles. The third-order valence-corrected chi connectivity index (χ3v) is 4.72. The number of carbonyl (C=O) groups excluding carboxylic acids is 1. The molecule has 4 heteroatoms. The number of ether oxygens (including phenoxy) is 1. The van der Waals surface area contributed by atoms with Crippen molar-refractivity contribution in [2.24, 2.45) is 4.99 Å². The Morgan fingerprint density at radius 2 is 1.77 bits per heavy atom. The number of Topliss-reactive ketones (excluding diaryl/α,β-unsaturated/α-hetero) is 1. The average molecular weight is 350 g/mol. The summed E-state index contributed by atoms with van der Waals surface area (Å²) in [5.41, 5.74) is 2.92. The summed E-state index contributed by atoms with van der Waals surface area (Å²) in [4.78, 5) is 19.7. The molecule has 0 aliphatic carbocycles. The first-order chi connectivity index (χ1) is 12.7. The average Bonchev–Trinajstić information content (AvgIpc) is 2.96. The summed E-state index contributed by atoms with van der Waals surface area (Å²) in [5, 5.41) is 0. The van der Waals surface area contributed by atoms with E-state index in [0.29, 0.717) is 12.1 Å². The lowest BCUT2D eigenvalue weighted by Gasteiger charge is -2.26. The fraction of sp³-hybridized carbons (Fsp3) is 0.364. The van der Waals surface area contributed by atoms with Crippen molar-refractivity contribution in [3.8, 4) is 5.75 Å². The molecule has 26 heavy (non-hydrogen) atoms. The van der Waals surface area contributed by atoms with Gasteiger partial charge in [0.05, 0.1) is 13.7 Å². The molecule has 0 unspecified atom stereocenters. The quantitative estimate of drug-likeness (QED) is 0.736. The molecular weight excluding hydrogens is 324 g/mol. The van der Waals surface area contributed by atoms with Crippen LogP contribution in [0.4, 0.5) is 5.69 Å². The van der Waals surface area contributed by atoms with Gasteiger partial charge in [-0.15, -0.1) is 0 Å². The summed E-state index contributed by atoms with van der Waals surface area (Å²) in [5.74, 6) is 1.86. The molecule has 4 nitrogen and oxygen atoms in total. The Morgan fingerprint density at radius 3 is 2.46 bits per heavy atom. The molecule has 2 aromatic rings. The molecule has 0 fully saturated rings. The predicted molar refractivity (Wildman–Crippen MR) is 107 cm³/mol. The van der Waals surface area contributed by atoms with Crippen LogP contribution in [0.1, 0.15) is 41.6 Å². The van der Waals surface area contributed by atoms with Gasteiger partial charge in [0.1, 0.15) is 11.6 Å². The SMILES string of the molecule is COc1ccc(C(=O)CN(C2=NCCCCC2)c2ccc(C)cc2)cc1. The van der Waals surface area contributed by atoms with Gasteiger partial charge in [-0.3, -0.25) is 9.79 Å². The van der Waals surface area contributed by atoms with Gasteiger partial charge in [-0.05, 0) is 56.2 Å². The number of hydrogen-bond donors (Lipinski definition) is 0. The topological polar surface area (TPSA) is 41.9 Å². The van der Waals surface area contributed by atoms with Crippen molar-refractivity contribution in [2.45, 2.75) is 32.6 Å². The summed E-state index contributed by atoms with van der Waals surface area (Å²) in [6.45, 7) is 3.21. The Labute approximate surface area is 155 Å². The molecule has 0 spiro atoms.